The van der Waals surface area contributed by atoms with Crippen LogP contribution in [0.15, 0.2) is 30.3 Å². The smallest absolute Gasteiger partial charge is 0.200 e. The van der Waals surface area contributed by atoms with Gasteiger partial charge in [-0.3, -0.25) is 4.79 Å². The van der Waals surface area contributed by atoms with Crippen molar-refractivity contribution in [1.29, 1.82) is 0 Å². The first-order valence-corrected chi connectivity index (χ1v) is 4.90. The molecule has 0 spiro atoms. The molecule has 0 amide bonds. The van der Waals surface area contributed by atoms with E-state index in [-0.39, 0.29) is 5.78 Å². The van der Waals surface area contributed by atoms with Gasteiger partial charge in [-0.1, -0.05) is 31.5 Å². The molecule has 0 unspecified atom stereocenters. The van der Waals surface area contributed by atoms with E-state index >= 15 is 0 Å². The molecule has 0 saturated heterocycles. The summed E-state index contributed by atoms with van der Waals surface area (Å²) in [4.78, 5) is 11.2. The van der Waals surface area contributed by atoms with Gasteiger partial charge in [0.1, 0.15) is 5.75 Å². The van der Waals surface area contributed by atoms with E-state index in [2.05, 4.69) is 6.92 Å². The van der Waals surface area contributed by atoms with Gasteiger partial charge >= 0.3 is 0 Å². The number of para-hydroxylation sites is 1. The summed E-state index contributed by atoms with van der Waals surface area (Å²) in [6.45, 7) is 3.36. The largest absolute Gasteiger partial charge is 0.478 e. The molecule has 0 aliphatic carbocycles. The van der Waals surface area contributed by atoms with Crippen LogP contribution in [-0.2, 0) is 4.79 Å². The number of Topliss-reactive ketones (excluding diaryl/α,β-unsaturated/α-hetero) is 1. The molecule has 0 aliphatic rings. The van der Waals surface area contributed by atoms with Crippen molar-refractivity contribution in [1.82, 2.24) is 0 Å². The van der Waals surface area contributed by atoms with Gasteiger partial charge in [0.2, 0.25) is 6.61 Å². The molecule has 1 aromatic rings. The van der Waals surface area contributed by atoms with E-state index in [1.165, 1.54) is 6.61 Å². The summed E-state index contributed by atoms with van der Waals surface area (Å²) < 4.78 is 5.19. The minimum Gasteiger partial charge on any atom is -0.478 e. The van der Waals surface area contributed by atoms with E-state index in [4.69, 9.17) is 4.74 Å². The van der Waals surface area contributed by atoms with Gasteiger partial charge in [0.05, 0.1) is 0 Å². The Hall–Kier alpha value is -1.31. The van der Waals surface area contributed by atoms with Crippen molar-refractivity contribution in [2.24, 2.45) is 0 Å². The summed E-state index contributed by atoms with van der Waals surface area (Å²) in [7, 11) is 0. The monoisotopic (exact) mass is 191 g/mol. The number of rotatable bonds is 6. The van der Waals surface area contributed by atoms with Gasteiger partial charge in [-0.05, 0) is 18.6 Å². The van der Waals surface area contributed by atoms with Crippen molar-refractivity contribution in [3.05, 3.63) is 36.9 Å². The third-order valence-corrected chi connectivity index (χ3v) is 1.85. The minimum atomic E-state index is 0.0516. The first-order valence-electron chi connectivity index (χ1n) is 4.90. The molecule has 0 aliphatic heterocycles. The lowest BCUT2D eigenvalue weighted by atomic mass is 10.2. The fraction of sp³-hybridized carbons (Fsp3) is 0.333. The quantitative estimate of drug-likeness (QED) is 0.691. The average molecular weight is 191 g/mol. The zero-order chi connectivity index (χ0) is 10.2. The van der Waals surface area contributed by atoms with Crippen LogP contribution in [-0.4, -0.2) is 5.78 Å². The van der Waals surface area contributed by atoms with Crippen LogP contribution in [0.2, 0.25) is 0 Å². The molecule has 2 heteroatoms. The van der Waals surface area contributed by atoms with Gasteiger partial charge in [0.25, 0.3) is 0 Å². The second-order valence-corrected chi connectivity index (χ2v) is 3.12. The Bertz CT molecular complexity index is 267. The van der Waals surface area contributed by atoms with E-state index < -0.39 is 0 Å². The number of carbonyl (C=O) groups excluding carboxylic acids is 1. The first-order chi connectivity index (χ1) is 6.83. The standard InChI is InChI=1S/C12H15O2/c1-2-3-7-11(13)10-14-12-8-5-4-6-9-12/h4-6,8-10H,2-3,7H2,1H3. The summed E-state index contributed by atoms with van der Waals surface area (Å²) in [5.74, 6) is 0.757. The number of ether oxygens (including phenoxy) is 1. The first kappa shape index (κ1) is 10.8. The maximum Gasteiger partial charge on any atom is 0.200 e. The Morgan fingerprint density at radius 3 is 2.71 bits per heavy atom. The van der Waals surface area contributed by atoms with Gasteiger partial charge in [0, 0.05) is 6.42 Å². The second kappa shape index (κ2) is 6.19. The number of unbranched alkanes of at least 4 members (excludes halogenated alkanes) is 1. The SMILES string of the molecule is CCCCC(=O)[CH]Oc1ccccc1. The molecule has 0 aromatic heterocycles. The molecule has 1 aromatic carbocycles. The maximum absolute atomic E-state index is 11.2. The van der Waals surface area contributed by atoms with Crippen LogP contribution in [0.25, 0.3) is 0 Å². The van der Waals surface area contributed by atoms with Crippen molar-refractivity contribution in [3.8, 4) is 5.75 Å². The van der Waals surface area contributed by atoms with Crippen LogP contribution in [0.3, 0.4) is 0 Å². The second-order valence-electron chi connectivity index (χ2n) is 3.12. The third-order valence-electron chi connectivity index (χ3n) is 1.85. The molecular formula is C12H15O2. The predicted octanol–water partition coefficient (Wildman–Crippen LogP) is 2.99. The van der Waals surface area contributed by atoms with Gasteiger partial charge in [-0.25, -0.2) is 0 Å². The lowest BCUT2D eigenvalue weighted by Crippen LogP contribution is -2.03. The Labute approximate surface area is 84.9 Å². The highest BCUT2D eigenvalue weighted by atomic mass is 16.5. The highest BCUT2D eigenvalue weighted by molar-refractivity contribution is 5.85. The fourth-order valence-corrected chi connectivity index (χ4v) is 1.04. The molecule has 0 heterocycles. The van der Waals surface area contributed by atoms with Crippen molar-refractivity contribution < 1.29 is 9.53 Å². The van der Waals surface area contributed by atoms with E-state index in [1.54, 1.807) is 0 Å². The molecule has 2 nitrogen and oxygen atoms in total. The summed E-state index contributed by atoms with van der Waals surface area (Å²) in [6.07, 6.45) is 2.53. The zero-order valence-electron chi connectivity index (χ0n) is 8.40. The van der Waals surface area contributed by atoms with Crippen molar-refractivity contribution in [2.75, 3.05) is 0 Å². The average Bonchev–Trinajstić information content (AvgIpc) is 2.25. The maximum atomic E-state index is 11.2. The summed E-state index contributed by atoms with van der Waals surface area (Å²) >= 11 is 0. The predicted molar refractivity (Wildman–Crippen MR) is 55.9 cm³/mol. The van der Waals surface area contributed by atoms with E-state index in [0.717, 1.165) is 12.8 Å². The van der Waals surface area contributed by atoms with Crippen LogP contribution < -0.4 is 4.74 Å². The molecular weight excluding hydrogens is 176 g/mol. The summed E-state index contributed by atoms with van der Waals surface area (Å²) in [6, 6.07) is 9.30. The minimum absolute atomic E-state index is 0.0516. The Morgan fingerprint density at radius 2 is 2.07 bits per heavy atom. The van der Waals surface area contributed by atoms with Gasteiger partial charge in [-0.15, -0.1) is 0 Å². The molecule has 0 N–H and O–H groups in total. The summed E-state index contributed by atoms with van der Waals surface area (Å²) in [5.41, 5.74) is 0. The van der Waals surface area contributed by atoms with Crippen LogP contribution >= 0.6 is 0 Å². The fourth-order valence-electron chi connectivity index (χ4n) is 1.04. The van der Waals surface area contributed by atoms with Crippen LogP contribution in [0.1, 0.15) is 26.2 Å². The van der Waals surface area contributed by atoms with Gasteiger partial charge < -0.3 is 4.74 Å². The molecule has 0 atom stereocenters. The topological polar surface area (TPSA) is 26.3 Å². The molecule has 0 bridgehead atoms. The lowest BCUT2D eigenvalue weighted by Gasteiger charge is -2.03. The molecule has 1 rings (SSSR count). The van der Waals surface area contributed by atoms with Crippen molar-refractivity contribution >= 4 is 5.78 Å². The highest BCUT2D eigenvalue weighted by Gasteiger charge is 2.02. The van der Waals surface area contributed by atoms with Gasteiger partial charge in [-0.2, -0.15) is 0 Å². The van der Waals surface area contributed by atoms with E-state index in [9.17, 15) is 4.79 Å². The molecule has 14 heavy (non-hydrogen) atoms. The van der Waals surface area contributed by atoms with Crippen molar-refractivity contribution in [3.63, 3.8) is 0 Å². The lowest BCUT2D eigenvalue weighted by molar-refractivity contribution is -0.118. The third kappa shape index (κ3) is 4.08. The van der Waals surface area contributed by atoms with Crippen molar-refractivity contribution in [2.45, 2.75) is 26.2 Å². The van der Waals surface area contributed by atoms with Crippen LogP contribution in [0.4, 0.5) is 0 Å². The number of carbonyl (C=O) groups is 1. The normalized spacial score (nSPS) is 9.79. The molecule has 1 radical (unpaired) electrons. The Balaban J connectivity index is 2.24. The highest BCUT2D eigenvalue weighted by Crippen LogP contribution is 2.10. The van der Waals surface area contributed by atoms with E-state index in [1.807, 2.05) is 30.3 Å². The molecule has 0 fully saturated rings. The number of benzene rings is 1. The van der Waals surface area contributed by atoms with Crippen LogP contribution in [0, 0.1) is 6.61 Å². The Kier molecular flexibility index (Phi) is 4.76. The Morgan fingerprint density at radius 1 is 1.36 bits per heavy atom. The number of hydrogen-bond acceptors (Lipinski definition) is 2. The molecule has 75 valence electrons. The zero-order valence-corrected chi connectivity index (χ0v) is 8.40. The van der Waals surface area contributed by atoms with E-state index in [0.29, 0.717) is 12.2 Å². The molecule has 0 saturated carbocycles. The number of ketones is 1. The number of hydrogen-bond donors (Lipinski definition) is 0. The van der Waals surface area contributed by atoms with Gasteiger partial charge in [0.15, 0.2) is 5.78 Å². The van der Waals surface area contributed by atoms with Crippen LogP contribution in [0.5, 0.6) is 5.75 Å². The summed E-state index contributed by atoms with van der Waals surface area (Å²) in [5, 5.41) is 0.